The largest absolute Gasteiger partial charge is 0.466 e. The average Bonchev–Trinajstić information content (AvgIpc) is 1.36. The Morgan fingerprint density at radius 3 is 1.29 bits per heavy atom. The number of hydrogen-bond donors (Lipinski definition) is 4. The fraction of sp³-hybridized carbons (Fsp3) is 1.00. The van der Waals surface area contributed by atoms with Gasteiger partial charge in [0.2, 0.25) is 0 Å². The number of rotatable bonds is 0. The Balaban J connectivity index is 0. The molecular weight excluding hydrogens is 121 g/mol. The summed E-state index contributed by atoms with van der Waals surface area (Å²) in [5.74, 6) is 0. The van der Waals surface area contributed by atoms with Crippen molar-refractivity contribution >= 4 is 7.82 Å². The number of hydrogen-bond acceptors (Lipinski definition) is 2. The van der Waals surface area contributed by atoms with Crippen LogP contribution in [0.3, 0.4) is 0 Å². The Labute approximate surface area is 41.0 Å². The molecule has 0 bridgehead atoms. The van der Waals surface area contributed by atoms with E-state index < -0.39 is 7.82 Å². The number of phosphoric acid groups is 1. The first kappa shape index (κ1) is 10.1. The molecule has 0 aliphatic heterocycles. The zero-order valence-corrected chi connectivity index (χ0v) is 4.67. The van der Waals surface area contributed by atoms with E-state index in [4.69, 9.17) is 19.2 Å². The van der Waals surface area contributed by atoms with Crippen LogP contribution in [0.25, 0.3) is 0 Å². The van der Waals surface area contributed by atoms with Crippen molar-refractivity contribution in [1.29, 1.82) is 0 Å². The van der Waals surface area contributed by atoms with Crippen LogP contribution in [-0.4, -0.2) is 21.7 Å². The van der Waals surface area contributed by atoms with Crippen molar-refractivity contribution in [3.05, 3.63) is 0 Å². The van der Waals surface area contributed by atoms with Gasteiger partial charge in [0.05, 0.1) is 0 Å². The lowest BCUT2D eigenvalue weighted by Gasteiger charge is -1.82. The summed E-state index contributed by atoms with van der Waals surface area (Å²) in [5, 5.41) is 0. The molecule has 0 amide bonds. The monoisotopic (exact) mass is 129 g/mol. The van der Waals surface area contributed by atoms with Gasteiger partial charge in [-0.25, -0.2) is 4.57 Å². The van der Waals surface area contributed by atoms with E-state index in [9.17, 15) is 0 Å². The van der Waals surface area contributed by atoms with Crippen molar-refractivity contribution in [3.63, 3.8) is 0 Å². The third-order valence-electron chi connectivity index (χ3n) is 0. The maximum atomic E-state index is 8.88. The van der Waals surface area contributed by atoms with E-state index in [0.717, 1.165) is 0 Å². The van der Waals surface area contributed by atoms with E-state index >= 15 is 0 Å². The molecule has 6 heteroatoms. The SMILES string of the molecule is CN.O=P(O)(O)O. The van der Waals surface area contributed by atoms with Crippen LogP contribution in [0, 0.1) is 0 Å². The minimum Gasteiger partial charge on any atom is -0.333 e. The fourth-order valence-corrected chi connectivity index (χ4v) is 0. The summed E-state index contributed by atoms with van der Waals surface area (Å²) in [4.78, 5) is 21.6. The van der Waals surface area contributed by atoms with Gasteiger partial charge in [-0.05, 0) is 7.05 Å². The summed E-state index contributed by atoms with van der Waals surface area (Å²) >= 11 is 0. The molecule has 7 heavy (non-hydrogen) atoms. The van der Waals surface area contributed by atoms with Gasteiger partial charge >= 0.3 is 7.82 Å². The van der Waals surface area contributed by atoms with Gasteiger partial charge in [0.15, 0.2) is 0 Å². The second-order valence-electron chi connectivity index (χ2n) is 0.513. The van der Waals surface area contributed by atoms with Crippen molar-refractivity contribution in [2.24, 2.45) is 5.73 Å². The van der Waals surface area contributed by atoms with Crippen molar-refractivity contribution in [3.8, 4) is 0 Å². The van der Waals surface area contributed by atoms with Crippen LogP contribution in [0.15, 0.2) is 0 Å². The normalized spacial score (nSPS) is 9.29. The molecule has 0 aliphatic rings. The lowest BCUT2D eigenvalue weighted by molar-refractivity contribution is 0.275. The molecule has 0 aromatic carbocycles. The summed E-state index contributed by atoms with van der Waals surface area (Å²) in [5.41, 5.74) is 4.50. The predicted octanol–water partition coefficient (Wildman–Crippen LogP) is -1.35. The molecule has 5 nitrogen and oxygen atoms in total. The molecule has 0 spiro atoms. The van der Waals surface area contributed by atoms with Gasteiger partial charge in [0, 0.05) is 0 Å². The quantitative estimate of drug-likeness (QED) is 0.302. The van der Waals surface area contributed by atoms with Gasteiger partial charge < -0.3 is 20.4 Å². The van der Waals surface area contributed by atoms with Crippen LogP contribution in [0.2, 0.25) is 0 Å². The van der Waals surface area contributed by atoms with Gasteiger partial charge in [0.25, 0.3) is 0 Å². The summed E-state index contributed by atoms with van der Waals surface area (Å²) in [7, 11) is -3.14. The molecule has 0 saturated heterocycles. The highest BCUT2D eigenvalue weighted by atomic mass is 31.2. The summed E-state index contributed by atoms with van der Waals surface area (Å²) in [6, 6.07) is 0. The van der Waals surface area contributed by atoms with Crippen LogP contribution in [-0.2, 0) is 4.57 Å². The summed E-state index contributed by atoms with van der Waals surface area (Å²) in [6.07, 6.45) is 0. The first-order valence-electron chi connectivity index (χ1n) is 1.36. The van der Waals surface area contributed by atoms with E-state index in [1.807, 2.05) is 0 Å². The third-order valence-corrected chi connectivity index (χ3v) is 0. The average molecular weight is 129 g/mol. The van der Waals surface area contributed by atoms with E-state index in [0.29, 0.717) is 0 Å². The summed E-state index contributed by atoms with van der Waals surface area (Å²) < 4.78 is 8.88. The number of nitrogens with two attached hydrogens (primary N) is 1. The van der Waals surface area contributed by atoms with E-state index in [2.05, 4.69) is 5.73 Å². The zero-order valence-electron chi connectivity index (χ0n) is 3.77. The Kier molecular flexibility index (Phi) is 6.13. The molecular formula is CH8NO4P. The van der Waals surface area contributed by atoms with Crippen molar-refractivity contribution in [2.75, 3.05) is 7.05 Å². The maximum Gasteiger partial charge on any atom is 0.466 e. The van der Waals surface area contributed by atoms with E-state index in [1.54, 1.807) is 0 Å². The molecule has 0 aliphatic carbocycles. The van der Waals surface area contributed by atoms with Gasteiger partial charge in [-0.1, -0.05) is 0 Å². The van der Waals surface area contributed by atoms with E-state index in [1.165, 1.54) is 7.05 Å². The molecule has 0 saturated carbocycles. The standard InChI is InChI=1S/CH5N.H3O4P/c1-2;1-5(2,3)4/h2H2,1H3;(H3,1,2,3,4). The minimum atomic E-state index is -4.64. The fourth-order valence-electron chi connectivity index (χ4n) is 0. The lowest BCUT2D eigenvalue weighted by atomic mass is 11.6. The van der Waals surface area contributed by atoms with Crippen molar-refractivity contribution in [2.45, 2.75) is 0 Å². The molecule has 46 valence electrons. The lowest BCUT2D eigenvalue weighted by Crippen LogP contribution is -1.69. The van der Waals surface area contributed by atoms with Crippen LogP contribution in [0.5, 0.6) is 0 Å². The van der Waals surface area contributed by atoms with Crippen LogP contribution in [0.1, 0.15) is 0 Å². The van der Waals surface area contributed by atoms with Crippen LogP contribution < -0.4 is 5.73 Å². The molecule has 0 atom stereocenters. The molecule has 0 aromatic rings. The molecule has 0 unspecified atom stereocenters. The summed E-state index contributed by atoms with van der Waals surface area (Å²) in [6.45, 7) is 0. The van der Waals surface area contributed by atoms with Crippen LogP contribution >= 0.6 is 7.82 Å². The third kappa shape index (κ3) is 20500. The highest BCUT2D eigenvalue weighted by Gasteiger charge is 2.00. The molecule has 0 rings (SSSR count). The molecule has 0 radical (unpaired) electrons. The zero-order chi connectivity index (χ0) is 6.50. The highest BCUT2D eigenvalue weighted by molar-refractivity contribution is 7.45. The van der Waals surface area contributed by atoms with E-state index in [-0.39, 0.29) is 0 Å². The highest BCUT2D eigenvalue weighted by Crippen LogP contribution is 2.25. The molecule has 0 aromatic heterocycles. The first-order chi connectivity index (χ1) is 3.00. The smallest absolute Gasteiger partial charge is 0.333 e. The van der Waals surface area contributed by atoms with Gasteiger partial charge in [-0.3, -0.25) is 0 Å². The minimum absolute atomic E-state index is 1.50. The Bertz CT molecular complexity index is 57.8. The van der Waals surface area contributed by atoms with Gasteiger partial charge in [-0.15, -0.1) is 0 Å². The van der Waals surface area contributed by atoms with Gasteiger partial charge in [0.1, 0.15) is 0 Å². The molecule has 0 fully saturated rings. The Morgan fingerprint density at radius 2 is 1.29 bits per heavy atom. The van der Waals surface area contributed by atoms with Crippen LogP contribution in [0.4, 0.5) is 0 Å². The van der Waals surface area contributed by atoms with Crippen molar-refractivity contribution in [1.82, 2.24) is 0 Å². The maximum absolute atomic E-state index is 8.88. The Morgan fingerprint density at radius 1 is 1.29 bits per heavy atom. The van der Waals surface area contributed by atoms with Crippen molar-refractivity contribution < 1.29 is 19.2 Å². The predicted molar refractivity (Wildman–Crippen MR) is 24.4 cm³/mol. The molecule has 0 heterocycles. The Hall–Kier alpha value is 0.0700. The topological polar surface area (TPSA) is 104 Å². The van der Waals surface area contributed by atoms with Gasteiger partial charge in [-0.2, -0.15) is 0 Å². The second-order valence-corrected chi connectivity index (χ2v) is 1.54. The second kappa shape index (κ2) is 4.23. The molecule has 5 N–H and O–H groups in total. The first-order valence-corrected chi connectivity index (χ1v) is 2.93.